The van der Waals surface area contributed by atoms with E-state index < -0.39 is 53.8 Å². The van der Waals surface area contributed by atoms with E-state index >= 15 is 0 Å². The van der Waals surface area contributed by atoms with Gasteiger partial charge in [-0.2, -0.15) is 11.8 Å². The number of carbonyl (C=O) groups excluding carboxylic acids is 4. The highest BCUT2D eigenvalue weighted by Crippen LogP contribution is 2.12. The molecule has 0 aliphatic rings. The van der Waals surface area contributed by atoms with Crippen molar-refractivity contribution in [3.8, 4) is 5.75 Å². The molecule has 13 nitrogen and oxygen atoms in total. The number of phenolic OH excluding ortho intramolecular Hbond substituents is 1. The third kappa shape index (κ3) is 13.3. The van der Waals surface area contributed by atoms with Gasteiger partial charge in [-0.15, -0.1) is 0 Å². The van der Waals surface area contributed by atoms with Crippen molar-refractivity contribution in [3.63, 3.8) is 0 Å². The molecule has 14 heteroatoms. The van der Waals surface area contributed by atoms with Crippen LogP contribution >= 0.6 is 11.8 Å². The smallest absolute Gasteiger partial charge is 0.326 e. The van der Waals surface area contributed by atoms with Crippen LogP contribution < -0.4 is 33.2 Å². The number of thioether (sulfide) groups is 1. The fraction of sp³-hybridized carbons (Fsp3) is 0.560. The van der Waals surface area contributed by atoms with E-state index in [2.05, 4.69) is 16.0 Å². The van der Waals surface area contributed by atoms with Gasteiger partial charge in [0.15, 0.2) is 0 Å². The molecule has 0 fully saturated rings. The number of nitrogens with one attached hydrogen (secondary N) is 3. The van der Waals surface area contributed by atoms with Gasteiger partial charge in [0.25, 0.3) is 0 Å². The van der Waals surface area contributed by atoms with Crippen LogP contribution in [0.5, 0.6) is 5.75 Å². The second-order valence-corrected chi connectivity index (χ2v) is 10.1. The SMILES string of the molecule is CSCCC(NC(=O)C(CCCCN)NC(=O)C(N)CCC(N)=O)C(=O)NC(Cc1ccc(O)cc1)C(=O)O. The Morgan fingerprint density at radius 1 is 0.872 bits per heavy atom. The Morgan fingerprint density at radius 3 is 1.97 bits per heavy atom. The molecule has 1 aromatic rings. The summed E-state index contributed by atoms with van der Waals surface area (Å²) in [6.45, 7) is 0.386. The number of benzene rings is 1. The Bertz CT molecular complexity index is 963. The molecule has 0 heterocycles. The predicted octanol–water partition coefficient (Wildman–Crippen LogP) is -1.05. The van der Waals surface area contributed by atoms with Gasteiger partial charge < -0.3 is 43.4 Å². The van der Waals surface area contributed by atoms with Gasteiger partial charge in [0.2, 0.25) is 23.6 Å². The summed E-state index contributed by atoms with van der Waals surface area (Å²) in [5.41, 5.74) is 17.1. The molecule has 39 heavy (non-hydrogen) atoms. The monoisotopic (exact) mass is 568 g/mol. The van der Waals surface area contributed by atoms with Gasteiger partial charge in [0.1, 0.15) is 23.9 Å². The lowest BCUT2D eigenvalue weighted by Crippen LogP contribution is -2.57. The molecule has 11 N–H and O–H groups in total. The van der Waals surface area contributed by atoms with Gasteiger partial charge in [-0.25, -0.2) is 4.79 Å². The minimum Gasteiger partial charge on any atom is -0.508 e. The first kappa shape index (κ1) is 33.7. The first-order chi connectivity index (χ1) is 18.5. The summed E-state index contributed by atoms with van der Waals surface area (Å²) in [5.74, 6) is -3.31. The Balaban J connectivity index is 2.98. The Morgan fingerprint density at radius 2 is 1.44 bits per heavy atom. The molecule has 0 spiro atoms. The molecule has 4 amide bonds. The zero-order valence-electron chi connectivity index (χ0n) is 22.1. The summed E-state index contributed by atoms with van der Waals surface area (Å²) in [7, 11) is 0. The number of unbranched alkanes of at least 4 members (excludes halogenated alkanes) is 1. The average molecular weight is 569 g/mol. The van der Waals surface area contributed by atoms with Crippen molar-refractivity contribution in [2.24, 2.45) is 17.2 Å². The van der Waals surface area contributed by atoms with Crippen molar-refractivity contribution < 1.29 is 34.2 Å². The van der Waals surface area contributed by atoms with Gasteiger partial charge in [-0.3, -0.25) is 19.2 Å². The van der Waals surface area contributed by atoms with Crippen LogP contribution in [0.3, 0.4) is 0 Å². The van der Waals surface area contributed by atoms with E-state index in [1.165, 1.54) is 23.9 Å². The number of phenols is 1. The standard InChI is InChI=1S/C25H40N6O7S/c1-39-13-11-19(24(36)31-20(25(37)38)14-15-5-7-16(32)8-6-15)30-23(35)18(4-2-3-12-26)29-22(34)17(27)9-10-21(28)33/h5-8,17-20,32H,2-4,9-14,26-27H2,1H3,(H2,28,33)(H,29,34)(H,30,35)(H,31,36)(H,37,38). The van der Waals surface area contributed by atoms with Crippen LogP contribution in [0.25, 0.3) is 0 Å². The maximum absolute atomic E-state index is 13.2. The third-order valence-electron chi connectivity index (χ3n) is 5.85. The van der Waals surface area contributed by atoms with Crippen LogP contribution in [0.2, 0.25) is 0 Å². The average Bonchev–Trinajstić information content (AvgIpc) is 2.89. The summed E-state index contributed by atoms with van der Waals surface area (Å²) < 4.78 is 0. The van der Waals surface area contributed by atoms with Crippen LogP contribution in [0, 0.1) is 0 Å². The highest BCUT2D eigenvalue weighted by atomic mass is 32.2. The molecule has 4 unspecified atom stereocenters. The quantitative estimate of drug-likeness (QED) is 0.0941. The normalized spacial score (nSPS) is 13.9. The number of hydrogen-bond acceptors (Lipinski definition) is 9. The highest BCUT2D eigenvalue weighted by Gasteiger charge is 2.30. The van der Waals surface area contributed by atoms with E-state index in [0.717, 1.165) is 0 Å². The van der Waals surface area contributed by atoms with Crippen molar-refractivity contribution in [2.75, 3.05) is 18.6 Å². The molecule has 0 saturated carbocycles. The second kappa shape index (κ2) is 18.0. The van der Waals surface area contributed by atoms with Crippen LogP contribution in [0.1, 0.15) is 44.1 Å². The van der Waals surface area contributed by atoms with Crippen LogP contribution in [0.4, 0.5) is 0 Å². The first-order valence-corrected chi connectivity index (χ1v) is 14.0. The fourth-order valence-corrected chi connectivity index (χ4v) is 4.06. The van der Waals surface area contributed by atoms with Crippen LogP contribution in [-0.4, -0.2) is 82.5 Å². The number of aliphatic carboxylic acids is 1. The first-order valence-electron chi connectivity index (χ1n) is 12.6. The van der Waals surface area contributed by atoms with Crippen molar-refractivity contribution >= 4 is 41.4 Å². The van der Waals surface area contributed by atoms with Crippen LogP contribution in [-0.2, 0) is 30.4 Å². The number of amides is 4. The molecule has 0 aliphatic heterocycles. The molecule has 1 rings (SSSR count). The molecular weight excluding hydrogens is 528 g/mol. The lowest BCUT2D eigenvalue weighted by Gasteiger charge is -2.25. The lowest BCUT2D eigenvalue weighted by molar-refractivity contribution is -0.142. The van der Waals surface area contributed by atoms with Crippen molar-refractivity contribution in [2.45, 2.75) is 69.1 Å². The molecule has 0 aliphatic carbocycles. The molecule has 218 valence electrons. The Kier molecular flexibility index (Phi) is 15.6. The number of rotatable bonds is 19. The summed E-state index contributed by atoms with van der Waals surface area (Å²) in [6.07, 6.45) is 3.26. The van der Waals surface area contributed by atoms with Crippen molar-refractivity contribution in [1.29, 1.82) is 0 Å². The van der Waals surface area contributed by atoms with E-state index in [1.54, 1.807) is 12.1 Å². The molecule has 0 radical (unpaired) electrons. The second-order valence-electron chi connectivity index (χ2n) is 9.07. The third-order valence-corrected chi connectivity index (χ3v) is 6.50. The lowest BCUT2D eigenvalue weighted by atomic mass is 10.0. The Hall–Kier alpha value is -3.36. The van der Waals surface area contributed by atoms with Gasteiger partial charge in [-0.05, 0) is 68.4 Å². The number of carbonyl (C=O) groups is 5. The van der Waals surface area contributed by atoms with Crippen molar-refractivity contribution in [1.82, 2.24) is 16.0 Å². The zero-order chi connectivity index (χ0) is 29.4. The number of carboxylic acid groups (broad SMARTS) is 1. The van der Waals surface area contributed by atoms with Gasteiger partial charge in [-0.1, -0.05) is 12.1 Å². The van der Waals surface area contributed by atoms with E-state index in [9.17, 15) is 34.2 Å². The molecule has 4 atom stereocenters. The number of nitrogens with two attached hydrogens (primary N) is 3. The van der Waals surface area contributed by atoms with E-state index in [4.69, 9.17) is 17.2 Å². The van der Waals surface area contributed by atoms with E-state index in [1.807, 2.05) is 6.26 Å². The maximum Gasteiger partial charge on any atom is 0.326 e. The number of hydrogen-bond donors (Lipinski definition) is 8. The molecule has 1 aromatic carbocycles. The summed E-state index contributed by atoms with van der Waals surface area (Å²) in [6, 6.07) is 1.49. The fourth-order valence-electron chi connectivity index (χ4n) is 3.59. The minimum atomic E-state index is -1.28. The van der Waals surface area contributed by atoms with Gasteiger partial charge >= 0.3 is 5.97 Å². The van der Waals surface area contributed by atoms with E-state index in [-0.39, 0.29) is 37.9 Å². The number of primary amides is 1. The predicted molar refractivity (Wildman–Crippen MR) is 148 cm³/mol. The largest absolute Gasteiger partial charge is 0.508 e. The van der Waals surface area contributed by atoms with Gasteiger partial charge in [0, 0.05) is 12.8 Å². The zero-order valence-corrected chi connectivity index (χ0v) is 22.9. The summed E-state index contributed by atoms with van der Waals surface area (Å²) in [5, 5.41) is 26.8. The molecular formula is C25H40N6O7S. The van der Waals surface area contributed by atoms with Crippen LogP contribution in [0.15, 0.2) is 24.3 Å². The Labute approximate surface area is 232 Å². The highest BCUT2D eigenvalue weighted by molar-refractivity contribution is 7.98. The topological polar surface area (TPSA) is 240 Å². The minimum absolute atomic E-state index is 0.00860. The van der Waals surface area contributed by atoms with E-state index in [0.29, 0.717) is 30.7 Å². The molecule has 0 saturated heterocycles. The number of aromatic hydroxyl groups is 1. The maximum atomic E-state index is 13.2. The summed E-state index contributed by atoms with van der Waals surface area (Å²) in [4.78, 5) is 61.7. The summed E-state index contributed by atoms with van der Waals surface area (Å²) >= 11 is 1.44. The van der Waals surface area contributed by atoms with Gasteiger partial charge in [0.05, 0.1) is 6.04 Å². The molecule has 0 bridgehead atoms. The van der Waals surface area contributed by atoms with Crippen molar-refractivity contribution in [3.05, 3.63) is 29.8 Å². The number of carboxylic acids is 1. The molecule has 0 aromatic heterocycles.